The van der Waals surface area contributed by atoms with Gasteiger partial charge in [-0.2, -0.15) is 0 Å². The van der Waals surface area contributed by atoms with Crippen molar-refractivity contribution in [3.8, 4) is 5.75 Å². The van der Waals surface area contributed by atoms with E-state index in [0.717, 1.165) is 45.0 Å². The molecule has 1 aliphatic rings. The Labute approximate surface area is 191 Å². The number of nitrogens with one attached hydrogen (secondary N) is 2. The van der Waals surface area contributed by atoms with E-state index in [1.54, 1.807) is 7.05 Å². The molecule has 0 aromatic heterocycles. The molecule has 0 amide bonds. The van der Waals surface area contributed by atoms with Crippen molar-refractivity contribution in [1.29, 1.82) is 0 Å². The van der Waals surface area contributed by atoms with Gasteiger partial charge in [0, 0.05) is 32.3 Å². The summed E-state index contributed by atoms with van der Waals surface area (Å²) >= 11 is 6.20. The Balaban J connectivity index is 0.00000392. The second-order valence-corrected chi connectivity index (χ2v) is 7.52. The Morgan fingerprint density at radius 3 is 2.54 bits per heavy atom. The van der Waals surface area contributed by atoms with E-state index in [4.69, 9.17) is 21.1 Å². The minimum atomic E-state index is 0. The fourth-order valence-corrected chi connectivity index (χ4v) is 3.38. The van der Waals surface area contributed by atoms with Crippen LogP contribution in [0.2, 0.25) is 5.02 Å². The van der Waals surface area contributed by atoms with Crippen molar-refractivity contribution in [3.63, 3.8) is 0 Å². The smallest absolute Gasteiger partial charge is 0.191 e. The van der Waals surface area contributed by atoms with Gasteiger partial charge in [0.2, 0.25) is 0 Å². The lowest BCUT2D eigenvalue weighted by Gasteiger charge is -2.43. The van der Waals surface area contributed by atoms with Gasteiger partial charge in [-0.1, -0.05) is 30.7 Å². The summed E-state index contributed by atoms with van der Waals surface area (Å²) in [4.78, 5) is 6.65. The van der Waals surface area contributed by atoms with Crippen LogP contribution in [0.3, 0.4) is 0 Å². The summed E-state index contributed by atoms with van der Waals surface area (Å²) in [5.74, 6) is 1.49. The lowest BCUT2D eigenvalue weighted by atomic mass is 9.88. The number of aliphatic imine (C=N–C) groups is 1. The molecule has 1 fully saturated rings. The maximum atomic E-state index is 6.20. The zero-order chi connectivity index (χ0) is 19.7. The molecule has 8 heteroatoms. The molecule has 1 aromatic rings. The van der Waals surface area contributed by atoms with E-state index in [9.17, 15) is 0 Å². The van der Waals surface area contributed by atoms with E-state index in [-0.39, 0.29) is 35.6 Å². The van der Waals surface area contributed by atoms with Gasteiger partial charge < -0.3 is 25.0 Å². The molecule has 0 radical (unpaired) electrons. The van der Waals surface area contributed by atoms with Crippen molar-refractivity contribution in [2.75, 3.05) is 47.4 Å². The first-order chi connectivity index (χ1) is 13.0. The van der Waals surface area contributed by atoms with Crippen molar-refractivity contribution in [1.82, 2.24) is 15.5 Å². The van der Waals surface area contributed by atoms with E-state index in [2.05, 4.69) is 41.5 Å². The molecule has 1 aliphatic heterocycles. The summed E-state index contributed by atoms with van der Waals surface area (Å²) in [5, 5.41) is 7.48. The standard InChI is InChI=1S/C20H33ClN4O2.HI/c1-5-16(27-18-9-7-6-8-17(18)21)14-23-19(22-2)24-15-20(25(3)4)10-12-26-13-11-20;/h6-9,16H,5,10-15H2,1-4H3,(H2,22,23,24);1H. The molecule has 2 rings (SSSR count). The molecule has 160 valence electrons. The van der Waals surface area contributed by atoms with E-state index in [0.29, 0.717) is 17.3 Å². The third-order valence-corrected chi connectivity index (χ3v) is 5.58. The van der Waals surface area contributed by atoms with Gasteiger partial charge in [-0.15, -0.1) is 24.0 Å². The third kappa shape index (κ3) is 7.24. The number of ether oxygens (including phenoxy) is 2. The Bertz CT molecular complexity index is 610. The highest BCUT2D eigenvalue weighted by atomic mass is 127. The number of likely N-dealkylation sites (N-methyl/N-ethyl adjacent to an activating group) is 1. The topological polar surface area (TPSA) is 58.1 Å². The Kier molecular flexibility index (Phi) is 11.5. The maximum absolute atomic E-state index is 6.20. The molecule has 1 heterocycles. The van der Waals surface area contributed by atoms with Crippen LogP contribution in [-0.2, 0) is 4.74 Å². The number of para-hydroxylation sites is 1. The second-order valence-electron chi connectivity index (χ2n) is 7.12. The van der Waals surface area contributed by atoms with E-state index in [1.807, 2.05) is 24.3 Å². The highest BCUT2D eigenvalue weighted by molar-refractivity contribution is 14.0. The average molecular weight is 525 g/mol. The van der Waals surface area contributed by atoms with Crippen LogP contribution in [0.25, 0.3) is 0 Å². The summed E-state index contributed by atoms with van der Waals surface area (Å²) in [6.45, 7) is 5.18. The number of nitrogens with zero attached hydrogens (tertiary/aromatic N) is 2. The van der Waals surface area contributed by atoms with Gasteiger partial charge in [0.05, 0.1) is 11.6 Å². The van der Waals surface area contributed by atoms with Crippen LogP contribution in [-0.4, -0.2) is 69.9 Å². The second kappa shape index (κ2) is 12.7. The lowest BCUT2D eigenvalue weighted by Crippen LogP contribution is -2.57. The third-order valence-electron chi connectivity index (χ3n) is 5.26. The molecule has 6 nitrogen and oxygen atoms in total. The van der Waals surface area contributed by atoms with Gasteiger partial charge in [-0.25, -0.2) is 0 Å². The highest BCUT2D eigenvalue weighted by Gasteiger charge is 2.34. The van der Waals surface area contributed by atoms with Crippen molar-refractivity contribution >= 4 is 41.5 Å². The van der Waals surface area contributed by atoms with Crippen molar-refractivity contribution in [2.45, 2.75) is 37.8 Å². The maximum Gasteiger partial charge on any atom is 0.191 e. The summed E-state index contributed by atoms with van der Waals surface area (Å²) in [7, 11) is 6.05. The fraction of sp³-hybridized carbons (Fsp3) is 0.650. The van der Waals surface area contributed by atoms with E-state index in [1.165, 1.54) is 0 Å². The van der Waals surface area contributed by atoms with E-state index < -0.39 is 0 Å². The molecule has 0 saturated carbocycles. The summed E-state index contributed by atoms with van der Waals surface area (Å²) in [5.41, 5.74) is 0.0914. The molecule has 0 aliphatic carbocycles. The van der Waals surface area contributed by atoms with Gasteiger partial charge >= 0.3 is 0 Å². The van der Waals surface area contributed by atoms with Crippen molar-refractivity contribution < 1.29 is 9.47 Å². The molecular formula is C20H34ClIN4O2. The molecule has 28 heavy (non-hydrogen) atoms. The molecule has 1 aromatic carbocycles. The summed E-state index contributed by atoms with van der Waals surface area (Å²) < 4.78 is 11.6. The Morgan fingerprint density at radius 1 is 1.29 bits per heavy atom. The molecule has 1 atom stereocenters. The van der Waals surface area contributed by atoms with Gasteiger partial charge in [-0.05, 0) is 45.5 Å². The number of guanidine groups is 1. The number of hydrogen-bond acceptors (Lipinski definition) is 4. The zero-order valence-corrected chi connectivity index (χ0v) is 20.4. The predicted octanol–water partition coefficient (Wildman–Crippen LogP) is 3.39. The van der Waals surface area contributed by atoms with Crippen LogP contribution < -0.4 is 15.4 Å². The molecule has 1 unspecified atom stereocenters. The van der Waals surface area contributed by atoms with Crippen LogP contribution >= 0.6 is 35.6 Å². The van der Waals surface area contributed by atoms with Gasteiger partial charge in [0.25, 0.3) is 0 Å². The van der Waals surface area contributed by atoms with Gasteiger partial charge in [0.1, 0.15) is 11.9 Å². The summed E-state index contributed by atoms with van der Waals surface area (Å²) in [6.07, 6.45) is 2.90. The lowest BCUT2D eigenvalue weighted by molar-refractivity contribution is -0.00502. The minimum Gasteiger partial charge on any atom is -0.487 e. The Hall–Kier alpha value is -0.770. The SMILES string of the molecule is CCC(CNC(=NC)NCC1(N(C)C)CCOCC1)Oc1ccccc1Cl.I. The fourth-order valence-electron chi connectivity index (χ4n) is 3.20. The average Bonchev–Trinajstić information content (AvgIpc) is 2.69. The highest BCUT2D eigenvalue weighted by Crippen LogP contribution is 2.25. The van der Waals surface area contributed by atoms with Crippen molar-refractivity contribution in [2.24, 2.45) is 4.99 Å². The summed E-state index contributed by atoms with van der Waals surface area (Å²) in [6, 6.07) is 7.56. The van der Waals surface area contributed by atoms with Gasteiger partial charge in [0.15, 0.2) is 5.96 Å². The van der Waals surface area contributed by atoms with Crippen LogP contribution in [0.15, 0.2) is 29.3 Å². The first-order valence-electron chi connectivity index (χ1n) is 9.61. The normalized spacial score (nSPS) is 17.6. The monoisotopic (exact) mass is 524 g/mol. The number of hydrogen-bond donors (Lipinski definition) is 2. The first-order valence-corrected chi connectivity index (χ1v) is 9.99. The quantitative estimate of drug-likeness (QED) is 0.310. The van der Waals surface area contributed by atoms with Crippen LogP contribution in [0.4, 0.5) is 0 Å². The Morgan fingerprint density at radius 2 is 1.96 bits per heavy atom. The molecule has 0 bridgehead atoms. The van der Waals surface area contributed by atoms with Crippen LogP contribution in [0.1, 0.15) is 26.2 Å². The largest absolute Gasteiger partial charge is 0.487 e. The predicted molar refractivity (Wildman–Crippen MR) is 127 cm³/mol. The zero-order valence-electron chi connectivity index (χ0n) is 17.3. The number of halogens is 2. The molecular weight excluding hydrogens is 491 g/mol. The minimum absolute atomic E-state index is 0. The number of rotatable bonds is 8. The molecule has 0 spiro atoms. The van der Waals surface area contributed by atoms with Gasteiger partial charge in [-0.3, -0.25) is 4.99 Å². The van der Waals surface area contributed by atoms with Crippen LogP contribution in [0, 0.1) is 0 Å². The van der Waals surface area contributed by atoms with Crippen LogP contribution in [0.5, 0.6) is 5.75 Å². The molecule has 2 N–H and O–H groups in total. The first kappa shape index (κ1) is 25.3. The molecule has 1 saturated heterocycles. The van der Waals surface area contributed by atoms with Crippen molar-refractivity contribution in [3.05, 3.63) is 29.3 Å². The van der Waals surface area contributed by atoms with E-state index >= 15 is 0 Å². The number of benzene rings is 1.